The first kappa shape index (κ1) is 20.6. The molecule has 152 valence electrons. The molecule has 0 aliphatic rings. The van der Waals surface area contributed by atoms with Crippen molar-refractivity contribution in [2.75, 3.05) is 5.32 Å². The summed E-state index contributed by atoms with van der Waals surface area (Å²) < 4.78 is 1.61. The number of rotatable bonds is 7. The minimum atomic E-state index is -0.589. The molecule has 3 rings (SSSR count). The molecular formula is C24H28N2O3. The fraction of sp³-hybridized carbons (Fsp3) is 0.333. The van der Waals surface area contributed by atoms with Crippen LogP contribution in [-0.4, -0.2) is 15.6 Å². The topological polar surface area (TPSA) is 71.3 Å². The second-order valence-electron chi connectivity index (χ2n) is 7.53. The summed E-state index contributed by atoms with van der Waals surface area (Å²) in [5, 5.41) is 14.1. The number of carbonyl (C=O) groups is 1. The molecule has 5 heteroatoms. The molecule has 0 aliphatic carbocycles. The summed E-state index contributed by atoms with van der Waals surface area (Å²) in [5.74, 6) is -0.854. The van der Waals surface area contributed by atoms with Crippen molar-refractivity contribution in [3.63, 3.8) is 0 Å². The molecule has 29 heavy (non-hydrogen) atoms. The number of hydrogen-bond donors (Lipinski definition) is 2. The van der Waals surface area contributed by atoms with Crippen molar-refractivity contribution < 1.29 is 9.90 Å². The number of aromatic nitrogens is 1. The van der Waals surface area contributed by atoms with Crippen LogP contribution >= 0.6 is 0 Å². The Labute approximate surface area is 171 Å². The molecule has 0 unspecified atom stereocenters. The van der Waals surface area contributed by atoms with E-state index in [1.54, 1.807) is 16.7 Å². The Balaban J connectivity index is 2.05. The van der Waals surface area contributed by atoms with Gasteiger partial charge in [-0.2, -0.15) is 0 Å². The highest BCUT2D eigenvalue weighted by Crippen LogP contribution is 2.27. The molecule has 0 spiro atoms. The Bertz CT molecular complexity index is 1100. The van der Waals surface area contributed by atoms with E-state index in [2.05, 4.69) is 12.2 Å². The van der Waals surface area contributed by atoms with Crippen LogP contribution in [0.5, 0.6) is 5.75 Å². The first-order chi connectivity index (χ1) is 13.9. The molecule has 0 aliphatic heterocycles. The minimum absolute atomic E-state index is 0.208. The number of nitrogens with zero attached hydrogens (tertiary/aromatic N) is 1. The predicted molar refractivity (Wildman–Crippen MR) is 118 cm³/mol. The van der Waals surface area contributed by atoms with E-state index >= 15 is 0 Å². The van der Waals surface area contributed by atoms with Crippen LogP contribution < -0.4 is 10.9 Å². The van der Waals surface area contributed by atoms with Crippen LogP contribution in [0.3, 0.4) is 0 Å². The summed E-state index contributed by atoms with van der Waals surface area (Å²) in [6, 6.07) is 12.9. The molecule has 0 atom stereocenters. The van der Waals surface area contributed by atoms with Gasteiger partial charge in [0.15, 0.2) is 0 Å². The highest BCUT2D eigenvalue weighted by Gasteiger charge is 2.22. The second-order valence-corrected chi connectivity index (χ2v) is 7.53. The van der Waals surface area contributed by atoms with Gasteiger partial charge in [0.25, 0.3) is 11.5 Å². The van der Waals surface area contributed by atoms with Crippen LogP contribution in [0.1, 0.15) is 54.1 Å². The van der Waals surface area contributed by atoms with Crippen molar-refractivity contribution in [3.05, 3.63) is 69.5 Å². The quantitative estimate of drug-likeness (QED) is 0.546. The van der Waals surface area contributed by atoms with E-state index in [1.165, 1.54) is 0 Å². The van der Waals surface area contributed by atoms with Gasteiger partial charge in [0.05, 0.1) is 5.52 Å². The van der Waals surface area contributed by atoms with Gasteiger partial charge in [-0.1, -0.05) is 50.5 Å². The molecule has 0 radical (unpaired) electrons. The van der Waals surface area contributed by atoms with Crippen LogP contribution in [0.25, 0.3) is 10.9 Å². The van der Waals surface area contributed by atoms with Crippen molar-refractivity contribution in [1.82, 2.24) is 4.57 Å². The first-order valence-corrected chi connectivity index (χ1v) is 10.2. The summed E-state index contributed by atoms with van der Waals surface area (Å²) in [4.78, 5) is 26.2. The smallest absolute Gasteiger partial charge is 0.267 e. The molecule has 0 fully saturated rings. The summed E-state index contributed by atoms with van der Waals surface area (Å²) in [6.07, 6.45) is 4.07. The van der Waals surface area contributed by atoms with Crippen molar-refractivity contribution in [2.24, 2.45) is 0 Å². The fourth-order valence-electron chi connectivity index (χ4n) is 3.57. The Morgan fingerprint density at radius 2 is 1.83 bits per heavy atom. The third-order valence-electron chi connectivity index (χ3n) is 5.25. The van der Waals surface area contributed by atoms with Crippen molar-refractivity contribution in [3.8, 4) is 5.75 Å². The van der Waals surface area contributed by atoms with E-state index in [0.29, 0.717) is 23.1 Å². The zero-order valence-corrected chi connectivity index (χ0v) is 17.3. The average Bonchev–Trinajstić information content (AvgIpc) is 2.70. The third-order valence-corrected chi connectivity index (χ3v) is 5.25. The number of para-hydroxylation sites is 1. The number of aryl methyl sites for hydroxylation is 3. The molecule has 1 heterocycles. The maximum Gasteiger partial charge on any atom is 0.267 e. The number of fused-ring (bicyclic) bond motifs is 1. The Kier molecular flexibility index (Phi) is 6.37. The van der Waals surface area contributed by atoms with Gasteiger partial charge >= 0.3 is 0 Å². The Morgan fingerprint density at radius 3 is 2.59 bits per heavy atom. The average molecular weight is 392 g/mol. The molecular weight excluding hydrogens is 364 g/mol. The van der Waals surface area contributed by atoms with Gasteiger partial charge in [-0.05, 0) is 49.6 Å². The molecule has 0 saturated heterocycles. The molecule has 0 saturated carbocycles. The highest BCUT2D eigenvalue weighted by atomic mass is 16.3. The van der Waals surface area contributed by atoms with Crippen LogP contribution in [-0.2, 0) is 6.54 Å². The van der Waals surface area contributed by atoms with E-state index < -0.39 is 11.5 Å². The summed E-state index contributed by atoms with van der Waals surface area (Å²) in [7, 11) is 0. The maximum atomic E-state index is 13.2. The molecule has 1 aromatic heterocycles. The Hall–Kier alpha value is -3.08. The van der Waals surface area contributed by atoms with Crippen molar-refractivity contribution >= 4 is 22.5 Å². The van der Waals surface area contributed by atoms with Gasteiger partial charge in [0, 0.05) is 17.6 Å². The largest absolute Gasteiger partial charge is 0.506 e. The minimum Gasteiger partial charge on any atom is -0.506 e. The SMILES string of the molecule is CCCCCCn1c(=O)c(C(=O)Nc2cc(C)ccc2C)c(O)c2ccccc21. The van der Waals surface area contributed by atoms with Crippen LogP contribution in [0, 0.1) is 13.8 Å². The molecule has 5 nitrogen and oxygen atoms in total. The lowest BCUT2D eigenvalue weighted by atomic mass is 10.1. The number of pyridine rings is 1. The van der Waals surface area contributed by atoms with Crippen LogP contribution in [0.4, 0.5) is 5.69 Å². The summed E-state index contributed by atoms with van der Waals surface area (Å²) >= 11 is 0. The van der Waals surface area contributed by atoms with Gasteiger partial charge in [0.2, 0.25) is 0 Å². The first-order valence-electron chi connectivity index (χ1n) is 10.2. The molecule has 1 amide bonds. The highest BCUT2D eigenvalue weighted by molar-refractivity contribution is 6.09. The lowest BCUT2D eigenvalue weighted by molar-refractivity contribution is 0.102. The second kappa shape index (κ2) is 8.95. The van der Waals surface area contributed by atoms with Gasteiger partial charge in [-0.3, -0.25) is 9.59 Å². The van der Waals surface area contributed by atoms with Crippen LogP contribution in [0.2, 0.25) is 0 Å². The zero-order valence-electron chi connectivity index (χ0n) is 17.3. The van der Waals surface area contributed by atoms with Crippen molar-refractivity contribution in [2.45, 2.75) is 53.0 Å². The van der Waals surface area contributed by atoms with E-state index in [4.69, 9.17) is 0 Å². The Morgan fingerprint density at radius 1 is 1.07 bits per heavy atom. The standard InChI is InChI=1S/C24H28N2O3/c1-4-5-6-9-14-26-20-11-8-7-10-18(20)22(27)21(24(26)29)23(28)25-19-15-16(2)12-13-17(19)3/h7-8,10-13,15,27H,4-6,9,14H2,1-3H3,(H,25,28). The predicted octanol–water partition coefficient (Wildman–Crippen LogP) is 5.16. The van der Waals surface area contributed by atoms with Gasteiger partial charge in [-0.15, -0.1) is 0 Å². The number of unbranched alkanes of at least 4 members (excludes halogenated alkanes) is 3. The number of carbonyl (C=O) groups excluding carboxylic acids is 1. The molecule has 2 aromatic carbocycles. The van der Waals surface area contributed by atoms with E-state index in [1.807, 2.05) is 44.2 Å². The van der Waals surface area contributed by atoms with Crippen LogP contribution in [0.15, 0.2) is 47.3 Å². The third kappa shape index (κ3) is 4.34. The molecule has 0 bridgehead atoms. The van der Waals surface area contributed by atoms with E-state index in [0.717, 1.165) is 36.8 Å². The number of amides is 1. The number of anilines is 1. The summed E-state index contributed by atoms with van der Waals surface area (Å²) in [6.45, 7) is 6.48. The zero-order chi connectivity index (χ0) is 21.0. The van der Waals surface area contributed by atoms with Crippen molar-refractivity contribution in [1.29, 1.82) is 0 Å². The number of hydrogen-bond acceptors (Lipinski definition) is 3. The van der Waals surface area contributed by atoms with E-state index in [-0.39, 0.29) is 11.3 Å². The fourth-order valence-corrected chi connectivity index (χ4v) is 3.57. The summed E-state index contributed by atoms with van der Waals surface area (Å²) in [5.41, 5.74) is 2.51. The van der Waals surface area contributed by atoms with E-state index in [9.17, 15) is 14.7 Å². The normalized spacial score (nSPS) is 11.0. The van der Waals surface area contributed by atoms with Gasteiger partial charge < -0.3 is 15.0 Å². The van der Waals surface area contributed by atoms with Gasteiger partial charge in [-0.25, -0.2) is 0 Å². The number of benzene rings is 2. The number of nitrogens with one attached hydrogen (secondary N) is 1. The monoisotopic (exact) mass is 392 g/mol. The molecule has 3 aromatic rings. The van der Waals surface area contributed by atoms with Gasteiger partial charge in [0.1, 0.15) is 11.3 Å². The lowest BCUT2D eigenvalue weighted by Crippen LogP contribution is -2.30. The number of aromatic hydroxyl groups is 1. The maximum absolute atomic E-state index is 13.2. The lowest BCUT2D eigenvalue weighted by Gasteiger charge is -2.15. The molecule has 2 N–H and O–H groups in total.